The van der Waals surface area contributed by atoms with Crippen LogP contribution in [-0.4, -0.2) is 17.3 Å². The minimum atomic E-state index is -0.597. The third-order valence-electron chi connectivity index (χ3n) is 3.95. The molecule has 0 amide bonds. The summed E-state index contributed by atoms with van der Waals surface area (Å²) in [5, 5.41) is 10.0. The minimum absolute atomic E-state index is 0.418. The maximum atomic E-state index is 10.0. The van der Waals surface area contributed by atoms with Crippen molar-refractivity contribution in [3.8, 4) is 0 Å². The van der Waals surface area contributed by atoms with Gasteiger partial charge in [0.1, 0.15) is 0 Å². The van der Waals surface area contributed by atoms with E-state index in [1.807, 2.05) is 6.92 Å². The molecular formula is C10H19NO. The second-order valence-electron chi connectivity index (χ2n) is 4.84. The van der Waals surface area contributed by atoms with Crippen molar-refractivity contribution in [3.05, 3.63) is 0 Å². The van der Waals surface area contributed by atoms with Crippen molar-refractivity contribution in [2.45, 2.75) is 38.2 Å². The quantitative estimate of drug-likeness (QED) is 0.651. The minimum Gasteiger partial charge on any atom is -0.389 e. The third-order valence-corrected chi connectivity index (χ3v) is 3.95. The van der Waals surface area contributed by atoms with Crippen LogP contribution in [0.1, 0.15) is 32.6 Å². The SMILES string of the molecule is CC(O)(CN)C1CC2CCC1C2. The topological polar surface area (TPSA) is 46.2 Å². The lowest BCUT2D eigenvalue weighted by Gasteiger charge is -2.34. The lowest BCUT2D eigenvalue weighted by molar-refractivity contribution is -0.0162. The molecule has 0 spiro atoms. The molecule has 0 aromatic rings. The molecule has 0 saturated heterocycles. The maximum absolute atomic E-state index is 10.0. The second-order valence-corrected chi connectivity index (χ2v) is 4.84. The summed E-state index contributed by atoms with van der Waals surface area (Å²) in [6.45, 7) is 2.32. The van der Waals surface area contributed by atoms with Gasteiger partial charge in [0, 0.05) is 6.54 Å². The molecule has 70 valence electrons. The summed E-state index contributed by atoms with van der Waals surface area (Å²) >= 11 is 0. The number of rotatable bonds is 2. The number of hydrogen-bond acceptors (Lipinski definition) is 2. The Kier molecular flexibility index (Phi) is 1.92. The van der Waals surface area contributed by atoms with Gasteiger partial charge in [0.15, 0.2) is 0 Å². The van der Waals surface area contributed by atoms with E-state index in [4.69, 9.17) is 5.73 Å². The van der Waals surface area contributed by atoms with Crippen LogP contribution in [0.2, 0.25) is 0 Å². The summed E-state index contributed by atoms with van der Waals surface area (Å²) in [5.41, 5.74) is 4.97. The Morgan fingerprint density at radius 3 is 2.58 bits per heavy atom. The molecule has 2 nitrogen and oxygen atoms in total. The molecule has 2 saturated carbocycles. The zero-order chi connectivity index (χ0) is 8.77. The lowest BCUT2D eigenvalue weighted by Crippen LogP contribution is -2.44. The van der Waals surface area contributed by atoms with E-state index in [-0.39, 0.29) is 0 Å². The molecule has 0 heterocycles. The summed E-state index contributed by atoms with van der Waals surface area (Å²) in [6, 6.07) is 0. The van der Waals surface area contributed by atoms with Gasteiger partial charge in [-0.05, 0) is 43.9 Å². The van der Waals surface area contributed by atoms with Crippen molar-refractivity contribution in [2.75, 3.05) is 6.54 Å². The maximum Gasteiger partial charge on any atom is 0.0772 e. The first-order valence-electron chi connectivity index (χ1n) is 5.06. The molecule has 0 aliphatic heterocycles. The van der Waals surface area contributed by atoms with Crippen molar-refractivity contribution < 1.29 is 5.11 Å². The molecule has 0 radical (unpaired) electrons. The fourth-order valence-corrected chi connectivity index (χ4v) is 3.16. The first-order chi connectivity index (χ1) is 5.63. The van der Waals surface area contributed by atoms with Crippen molar-refractivity contribution in [3.63, 3.8) is 0 Å². The largest absolute Gasteiger partial charge is 0.389 e. The Hall–Kier alpha value is -0.0800. The van der Waals surface area contributed by atoms with Gasteiger partial charge >= 0.3 is 0 Å². The highest BCUT2D eigenvalue weighted by atomic mass is 16.3. The van der Waals surface area contributed by atoms with Crippen LogP contribution >= 0.6 is 0 Å². The summed E-state index contributed by atoms with van der Waals surface area (Å²) < 4.78 is 0. The Labute approximate surface area is 74.1 Å². The number of aliphatic hydroxyl groups is 1. The van der Waals surface area contributed by atoms with Crippen molar-refractivity contribution in [1.29, 1.82) is 0 Å². The molecule has 0 aromatic heterocycles. The van der Waals surface area contributed by atoms with E-state index in [9.17, 15) is 5.11 Å². The monoisotopic (exact) mass is 169 g/mol. The Balaban J connectivity index is 2.06. The van der Waals surface area contributed by atoms with Crippen LogP contribution in [0.4, 0.5) is 0 Å². The molecule has 2 fully saturated rings. The van der Waals surface area contributed by atoms with E-state index in [1.54, 1.807) is 0 Å². The van der Waals surface area contributed by atoms with Crippen LogP contribution in [0.3, 0.4) is 0 Å². The molecule has 4 unspecified atom stereocenters. The molecule has 2 heteroatoms. The van der Waals surface area contributed by atoms with Crippen LogP contribution in [0.15, 0.2) is 0 Å². The zero-order valence-corrected chi connectivity index (χ0v) is 7.79. The first-order valence-corrected chi connectivity index (χ1v) is 5.06. The molecule has 12 heavy (non-hydrogen) atoms. The van der Waals surface area contributed by atoms with Crippen LogP contribution in [0.25, 0.3) is 0 Å². The van der Waals surface area contributed by atoms with Gasteiger partial charge in [0.25, 0.3) is 0 Å². The van der Waals surface area contributed by atoms with E-state index in [1.165, 1.54) is 25.7 Å². The van der Waals surface area contributed by atoms with Gasteiger partial charge in [-0.2, -0.15) is 0 Å². The Morgan fingerprint density at radius 2 is 2.17 bits per heavy atom. The highest BCUT2D eigenvalue weighted by molar-refractivity contribution is 4.98. The fraction of sp³-hybridized carbons (Fsp3) is 1.00. The Bertz CT molecular complexity index is 179. The van der Waals surface area contributed by atoms with Crippen molar-refractivity contribution >= 4 is 0 Å². The predicted molar refractivity (Wildman–Crippen MR) is 48.6 cm³/mol. The molecule has 2 aliphatic rings. The van der Waals surface area contributed by atoms with E-state index >= 15 is 0 Å². The van der Waals surface area contributed by atoms with Gasteiger partial charge < -0.3 is 10.8 Å². The number of fused-ring (bicyclic) bond motifs is 2. The van der Waals surface area contributed by atoms with E-state index in [0.29, 0.717) is 12.5 Å². The summed E-state index contributed by atoms with van der Waals surface area (Å²) in [4.78, 5) is 0. The smallest absolute Gasteiger partial charge is 0.0772 e. The first kappa shape index (κ1) is 8.52. The van der Waals surface area contributed by atoms with Gasteiger partial charge in [0.05, 0.1) is 5.60 Å². The predicted octanol–water partition coefficient (Wildman–Crippen LogP) is 1.13. The van der Waals surface area contributed by atoms with Crippen molar-refractivity contribution in [1.82, 2.24) is 0 Å². The van der Waals surface area contributed by atoms with Crippen molar-refractivity contribution in [2.24, 2.45) is 23.5 Å². The molecular weight excluding hydrogens is 150 g/mol. The highest BCUT2D eigenvalue weighted by Crippen LogP contribution is 2.51. The average molecular weight is 169 g/mol. The average Bonchev–Trinajstić information content (AvgIpc) is 2.64. The highest BCUT2D eigenvalue weighted by Gasteiger charge is 2.46. The third kappa shape index (κ3) is 1.17. The zero-order valence-electron chi connectivity index (χ0n) is 7.79. The van der Waals surface area contributed by atoms with Crippen LogP contribution in [0.5, 0.6) is 0 Å². The van der Waals surface area contributed by atoms with E-state index in [2.05, 4.69) is 0 Å². The molecule has 0 aromatic carbocycles. The molecule has 2 rings (SSSR count). The Morgan fingerprint density at radius 1 is 1.42 bits per heavy atom. The molecule has 2 bridgehead atoms. The summed E-state index contributed by atoms with van der Waals surface area (Å²) in [7, 11) is 0. The normalized spacial score (nSPS) is 44.8. The fourth-order valence-electron chi connectivity index (χ4n) is 3.16. The van der Waals surface area contributed by atoms with Crippen LogP contribution < -0.4 is 5.73 Å². The lowest BCUT2D eigenvalue weighted by atomic mass is 9.77. The van der Waals surface area contributed by atoms with E-state index in [0.717, 1.165) is 11.8 Å². The molecule has 3 N–H and O–H groups in total. The molecule has 2 aliphatic carbocycles. The van der Waals surface area contributed by atoms with Crippen LogP contribution in [0, 0.1) is 17.8 Å². The number of nitrogens with two attached hydrogens (primary N) is 1. The standard InChI is InChI=1S/C10H19NO/c1-10(12,6-11)9-5-7-2-3-8(9)4-7/h7-9,12H,2-6,11H2,1H3. The summed E-state index contributed by atoms with van der Waals surface area (Å²) in [5.74, 6) is 2.16. The van der Waals surface area contributed by atoms with Gasteiger partial charge in [-0.1, -0.05) is 6.42 Å². The van der Waals surface area contributed by atoms with E-state index < -0.39 is 5.60 Å². The van der Waals surface area contributed by atoms with Gasteiger partial charge in [-0.25, -0.2) is 0 Å². The van der Waals surface area contributed by atoms with Crippen LogP contribution in [-0.2, 0) is 0 Å². The summed E-state index contributed by atoms with van der Waals surface area (Å²) in [6.07, 6.45) is 5.28. The number of hydrogen-bond donors (Lipinski definition) is 2. The second kappa shape index (κ2) is 2.71. The van der Waals surface area contributed by atoms with Gasteiger partial charge in [-0.15, -0.1) is 0 Å². The molecule has 4 atom stereocenters. The van der Waals surface area contributed by atoms with Gasteiger partial charge in [-0.3, -0.25) is 0 Å². The van der Waals surface area contributed by atoms with Gasteiger partial charge in [0.2, 0.25) is 0 Å².